The number of imidazole rings is 1. The molecule has 0 saturated heterocycles. The fraction of sp³-hybridized carbons (Fsp3) is 0.241. The van der Waals surface area contributed by atoms with E-state index in [0.29, 0.717) is 49.8 Å². The van der Waals surface area contributed by atoms with Gasteiger partial charge < -0.3 is 19.4 Å². The van der Waals surface area contributed by atoms with E-state index in [1.54, 1.807) is 42.5 Å². The van der Waals surface area contributed by atoms with Gasteiger partial charge in [-0.15, -0.1) is 0 Å². The van der Waals surface area contributed by atoms with Crippen LogP contribution in [-0.4, -0.2) is 46.7 Å². The maximum atomic E-state index is 14.3. The lowest BCUT2D eigenvalue weighted by molar-refractivity contribution is -0.119. The van der Waals surface area contributed by atoms with Crippen molar-refractivity contribution in [3.05, 3.63) is 81.7 Å². The van der Waals surface area contributed by atoms with Crippen molar-refractivity contribution in [2.24, 2.45) is 0 Å². The normalized spacial score (nSPS) is 17.3. The van der Waals surface area contributed by atoms with Gasteiger partial charge in [-0.1, -0.05) is 35.3 Å². The Morgan fingerprint density at radius 3 is 2.59 bits per heavy atom. The Balaban J connectivity index is 1.66. The molecule has 2 aromatic heterocycles. The van der Waals surface area contributed by atoms with Crippen LogP contribution in [0.15, 0.2) is 54.7 Å². The van der Waals surface area contributed by atoms with Crippen LogP contribution in [0.1, 0.15) is 41.6 Å². The van der Waals surface area contributed by atoms with E-state index in [-0.39, 0.29) is 24.2 Å². The number of nitrogens with one attached hydrogen (secondary N) is 1. The third-order valence-corrected chi connectivity index (χ3v) is 7.62. The number of benzene rings is 2. The number of amides is 2. The zero-order chi connectivity index (χ0) is 29.1. The molecule has 12 heteroatoms. The molecule has 0 saturated carbocycles. The number of pyridine rings is 1. The van der Waals surface area contributed by atoms with E-state index in [1.165, 1.54) is 24.3 Å². The maximum Gasteiger partial charge on any atom is 0.280 e. The topological polar surface area (TPSA) is 98.6 Å². The van der Waals surface area contributed by atoms with Gasteiger partial charge in [0, 0.05) is 45.3 Å². The van der Waals surface area contributed by atoms with Crippen LogP contribution in [0.4, 0.5) is 15.8 Å². The summed E-state index contributed by atoms with van der Waals surface area (Å²) in [7, 11) is 1.48. The second-order valence-corrected chi connectivity index (χ2v) is 10.7. The van der Waals surface area contributed by atoms with Gasteiger partial charge in [0.25, 0.3) is 11.8 Å². The number of rotatable bonds is 7. The summed E-state index contributed by atoms with van der Waals surface area (Å²) in [4.78, 5) is 39.1. The minimum atomic E-state index is -1.61. The number of methoxy groups -OCH3 is 1. The number of anilines is 2. The number of fused-ring (bicyclic) bond motifs is 4. The molecule has 0 unspecified atom stereocenters. The number of halogens is 3. The summed E-state index contributed by atoms with van der Waals surface area (Å²) in [6.45, 7) is 3.04. The Labute approximate surface area is 244 Å². The molecule has 1 spiro atoms. The van der Waals surface area contributed by atoms with Gasteiger partial charge >= 0.3 is 0 Å². The fourth-order valence-electron chi connectivity index (χ4n) is 5.62. The molecule has 9 nitrogen and oxygen atoms in total. The van der Waals surface area contributed by atoms with Crippen LogP contribution in [-0.2, 0) is 10.3 Å². The first kappa shape index (κ1) is 27.0. The molecule has 2 aromatic carbocycles. The largest absolute Gasteiger partial charge is 0.496 e. The van der Waals surface area contributed by atoms with Gasteiger partial charge in [-0.05, 0) is 44.2 Å². The number of nitrogens with zero attached hydrogens (tertiary/aromatic N) is 4. The van der Waals surface area contributed by atoms with Gasteiger partial charge in [-0.2, -0.15) is 0 Å². The van der Waals surface area contributed by atoms with Crippen molar-refractivity contribution >= 4 is 46.4 Å². The van der Waals surface area contributed by atoms with E-state index in [4.69, 9.17) is 37.7 Å². The Morgan fingerprint density at radius 1 is 1.10 bits per heavy atom. The third-order valence-electron chi connectivity index (χ3n) is 7.15. The molecule has 0 bridgehead atoms. The minimum Gasteiger partial charge on any atom is -0.496 e. The highest BCUT2D eigenvalue weighted by molar-refractivity contribution is 6.32. The molecule has 0 fully saturated rings. The lowest BCUT2D eigenvalue weighted by Gasteiger charge is -2.35. The summed E-state index contributed by atoms with van der Waals surface area (Å²) < 4.78 is 25.5. The van der Waals surface area contributed by atoms with E-state index in [9.17, 15) is 14.0 Å². The first-order valence-electron chi connectivity index (χ1n) is 12.8. The SMILES string of the molecule is COc1cc(OCCF)ncc1-c1nc2c(n1C(C)C)[C@@]1(C(=O)Nc3cc(Cl)ccc31)N(c1cccc(Cl)c1)C2=O. The molecule has 2 aliphatic rings. The van der Waals surface area contributed by atoms with Crippen molar-refractivity contribution in [2.45, 2.75) is 25.4 Å². The monoisotopic (exact) mass is 595 g/mol. The van der Waals surface area contributed by atoms with Crippen molar-refractivity contribution in [1.29, 1.82) is 0 Å². The van der Waals surface area contributed by atoms with Crippen LogP contribution >= 0.6 is 23.2 Å². The Kier molecular flexibility index (Phi) is 6.62. The smallest absolute Gasteiger partial charge is 0.280 e. The first-order valence-corrected chi connectivity index (χ1v) is 13.5. The quantitative estimate of drug-likeness (QED) is 0.279. The first-order chi connectivity index (χ1) is 19.7. The van der Waals surface area contributed by atoms with Crippen molar-refractivity contribution in [3.8, 4) is 23.0 Å². The lowest BCUT2D eigenvalue weighted by atomic mass is 9.87. The molecule has 2 aliphatic heterocycles. The van der Waals surface area contributed by atoms with Crippen LogP contribution < -0.4 is 19.7 Å². The average molecular weight is 596 g/mol. The Hall–Kier alpha value is -4.15. The highest BCUT2D eigenvalue weighted by atomic mass is 35.5. The van der Waals surface area contributed by atoms with E-state index < -0.39 is 24.0 Å². The molecule has 1 N–H and O–H groups in total. The van der Waals surface area contributed by atoms with Crippen LogP contribution in [0.5, 0.6) is 11.6 Å². The van der Waals surface area contributed by atoms with Gasteiger partial charge in [0.2, 0.25) is 5.88 Å². The van der Waals surface area contributed by atoms with Crippen LogP contribution in [0.3, 0.4) is 0 Å². The summed E-state index contributed by atoms with van der Waals surface area (Å²) in [5, 5.41) is 3.78. The van der Waals surface area contributed by atoms with Gasteiger partial charge in [-0.25, -0.2) is 14.4 Å². The molecule has 4 heterocycles. The standard InChI is InChI=1S/C29H24Cl2FN5O4/c1-15(2)36-25-24(35-26(36)19-14-33-23(41-10-9-32)13-22(19)40-3)27(38)37(18-6-4-5-16(30)11-18)29(25)20-8-7-17(31)12-21(20)34-28(29)39/h4-8,11-15H,9-10H2,1-3H3,(H,34,39)/t29-/m0/s1. The van der Waals surface area contributed by atoms with Crippen molar-refractivity contribution in [1.82, 2.24) is 14.5 Å². The molecular formula is C29H24Cl2FN5O4. The van der Waals surface area contributed by atoms with E-state index in [1.807, 2.05) is 18.4 Å². The zero-order valence-electron chi connectivity index (χ0n) is 22.2. The van der Waals surface area contributed by atoms with Gasteiger partial charge in [0.15, 0.2) is 11.2 Å². The molecule has 4 aromatic rings. The van der Waals surface area contributed by atoms with Crippen LogP contribution in [0, 0.1) is 0 Å². The highest BCUT2D eigenvalue weighted by Crippen LogP contribution is 2.54. The summed E-state index contributed by atoms with van der Waals surface area (Å²) in [6, 6.07) is 13.1. The van der Waals surface area contributed by atoms with Crippen molar-refractivity contribution < 1.29 is 23.5 Å². The van der Waals surface area contributed by atoms with E-state index >= 15 is 0 Å². The summed E-state index contributed by atoms with van der Waals surface area (Å²) in [5.74, 6) is 0.000742. The zero-order valence-corrected chi connectivity index (χ0v) is 23.8. The number of ether oxygens (including phenoxy) is 2. The van der Waals surface area contributed by atoms with Gasteiger partial charge in [0.05, 0.1) is 18.4 Å². The molecule has 6 rings (SSSR count). The number of alkyl halides is 1. The number of hydrogen-bond donors (Lipinski definition) is 1. The Morgan fingerprint density at radius 2 is 1.88 bits per heavy atom. The molecule has 41 heavy (non-hydrogen) atoms. The van der Waals surface area contributed by atoms with Crippen molar-refractivity contribution in [2.75, 3.05) is 30.6 Å². The van der Waals surface area contributed by atoms with Gasteiger partial charge in [-0.3, -0.25) is 14.5 Å². The predicted molar refractivity (Wildman–Crippen MR) is 153 cm³/mol. The number of hydrogen-bond acceptors (Lipinski definition) is 6. The average Bonchev–Trinajstić information content (AvgIpc) is 3.55. The third kappa shape index (κ3) is 3.96. The molecule has 210 valence electrons. The molecule has 1 atom stereocenters. The number of aromatic nitrogens is 3. The highest BCUT2D eigenvalue weighted by Gasteiger charge is 2.64. The number of carbonyl (C=O) groups excluding carboxylic acids is 2. The molecular weight excluding hydrogens is 572 g/mol. The molecule has 0 radical (unpaired) electrons. The van der Waals surface area contributed by atoms with Crippen LogP contribution in [0.2, 0.25) is 10.0 Å². The second kappa shape index (κ2) is 10.0. The van der Waals surface area contributed by atoms with E-state index in [2.05, 4.69) is 10.3 Å². The Bertz CT molecular complexity index is 1730. The maximum absolute atomic E-state index is 14.3. The second-order valence-electron chi connectivity index (χ2n) is 9.83. The van der Waals surface area contributed by atoms with Crippen molar-refractivity contribution in [3.63, 3.8) is 0 Å². The lowest BCUT2D eigenvalue weighted by Crippen LogP contribution is -2.51. The minimum absolute atomic E-state index is 0.103. The summed E-state index contributed by atoms with van der Waals surface area (Å²) in [6.07, 6.45) is 1.50. The fourth-order valence-corrected chi connectivity index (χ4v) is 5.97. The number of carbonyl (C=O) groups is 2. The van der Waals surface area contributed by atoms with Gasteiger partial charge in [0.1, 0.15) is 24.9 Å². The van der Waals surface area contributed by atoms with Crippen LogP contribution in [0.25, 0.3) is 11.4 Å². The molecule has 2 amide bonds. The van der Waals surface area contributed by atoms with E-state index in [0.717, 1.165) is 0 Å². The molecule has 0 aliphatic carbocycles. The summed E-state index contributed by atoms with van der Waals surface area (Å²) >= 11 is 12.6. The predicted octanol–water partition coefficient (Wildman–Crippen LogP) is 6.05. The summed E-state index contributed by atoms with van der Waals surface area (Å²) in [5.41, 5.74) is 0.822.